The summed E-state index contributed by atoms with van der Waals surface area (Å²) in [5.41, 5.74) is 0. The van der Waals surface area contributed by atoms with Crippen molar-refractivity contribution in [2.75, 3.05) is 30.3 Å². The zero-order chi connectivity index (χ0) is 15.8. The molecule has 21 heavy (non-hydrogen) atoms. The van der Waals surface area contributed by atoms with Crippen LogP contribution in [0.5, 0.6) is 0 Å². The number of hydrogen-bond acceptors (Lipinski definition) is 5. The van der Waals surface area contributed by atoms with Gasteiger partial charge in [0.05, 0.1) is 0 Å². The van der Waals surface area contributed by atoms with Gasteiger partial charge in [-0.3, -0.25) is 4.79 Å². The van der Waals surface area contributed by atoms with Gasteiger partial charge in [-0.25, -0.2) is 9.97 Å². The van der Waals surface area contributed by atoms with Gasteiger partial charge >= 0.3 is 0 Å². The van der Waals surface area contributed by atoms with Gasteiger partial charge in [0, 0.05) is 25.7 Å². The predicted molar refractivity (Wildman–Crippen MR) is 86.6 cm³/mol. The molecule has 1 heterocycles. The van der Waals surface area contributed by atoms with E-state index in [9.17, 15) is 4.79 Å². The minimum absolute atomic E-state index is 0.0827. The lowest BCUT2D eigenvalue weighted by molar-refractivity contribution is -0.131. The third-order valence-corrected chi connectivity index (χ3v) is 3.20. The summed E-state index contributed by atoms with van der Waals surface area (Å²) in [5, 5.41) is 6.40. The van der Waals surface area contributed by atoms with Crippen molar-refractivity contribution in [2.24, 2.45) is 0 Å². The Morgan fingerprint density at radius 3 is 2.43 bits per heavy atom. The van der Waals surface area contributed by atoms with Gasteiger partial charge in [-0.1, -0.05) is 6.92 Å². The number of amides is 1. The molecule has 6 heteroatoms. The van der Waals surface area contributed by atoms with Crippen molar-refractivity contribution < 1.29 is 4.79 Å². The molecule has 6 nitrogen and oxygen atoms in total. The van der Waals surface area contributed by atoms with Crippen molar-refractivity contribution in [2.45, 2.75) is 47.1 Å². The van der Waals surface area contributed by atoms with Crippen LogP contribution in [0, 0.1) is 6.92 Å². The van der Waals surface area contributed by atoms with E-state index in [0.29, 0.717) is 24.7 Å². The van der Waals surface area contributed by atoms with E-state index in [2.05, 4.69) is 27.5 Å². The molecular weight excluding hydrogens is 266 g/mol. The molecular formula is C15H27N5O. The lowest BCUT2D eigenvalue weighted by atomic mass is 10.2. The van der Waals surface area contributed by atoms with Crippen molar-refractivity contribution in [1.29, 1.82) is 0 Å². The topological polar surface area (TPSA) is 70.2 Å². The zero-order valence-corrected chi connectivity index (χ0v) is 13.7. The highest BCUT2D eigenvalue weighted by Gasteiger charge is 2.18. The summed E-state index contributed by atoms with van der Waals surface area (Å²) in [5.74, 6) is 2.23. The van der Waals surface area contributed by atoms with Gasteiger partial charge in [0.2, 0.25) is 5.91 Å². The smallest absolute Gasteiger partial charge is 0.244 e. The first kappa shape index (κ1) is 17.2. The van der Waals surface area contributed by atoms with Gasteiger partial charge in [0.15, 0.2) is 0 Å². The first-order valence-electron chi connectivity index (χ1n) is 7.66. The Morgan fingerprint density at radius 1 is 1.24 bits per heavy atom. The van der Waals surface area contributed by atoms with Gasteiger partial charge in [0.1, 0.15) is 23.5 Å². The van der Waals surface area contributed by atoms with Crippen molar-refractivity contribution in [3.05, 3.63) is 11.9 Å². The molecule has 1 rings (SSSR count). The maximum absolute atomic E-state index is 12.3. The average molecular weight is 293 g/mol. The van der Waals surface area contributed by atoms with Crippen LogP contribution in [0.25, 0.3) is 0 Å². The van der Waals surface area contributed by atoms with Gasteiger partial charge in [-0.05, 0) is 34.1 Å². The second kappa shape index (κ2) is 8.44. The van der Waals surface area contributed by atoms with Crippen LogP contribution >= 0.6 is 0 Å². The van der Waals surface area contributed by atoms with Crippen molar-refractivity contribution >= 4 is 17.5 Å². The van der Waals surface area contributed by atoms with Gasteiger partial charge in [0.25, 0.3) is 0 Å². The average Bonchev–Trinajstić information content (AvgIpc) is 2.45. The summed E-state index contributed by atoms with van der Waals surface area (Å²) in [7, 11) is 0. The first-order valence-corrected chi connectivity index (χ1v) is 7.66. The third-order valence-electron chi connectivity index (χ3n) is 3.20. The van der Waals surface area contributed by atoms with E-state index in [-0.39, 0.29) is 11.9 Å². The van der Waals surface area contributed by atoms with E-state index in [1.807, 2.05) is 38.7 Å². The maximum atomic E-state index is 12.3. The van der Waals surface area contributed by atoms with Crippen LogP contribution in [-0.4, -0.2) is 46.5 Å². The Hall–Kier alpha value is -1.85. The molecule has 0 radical (unpaired) electrons. The Morgan fingerprint density at radius 2 is 1.86 bits per heavy atom. The van der Waals surface area contributed by atoms with Crippen LogP contribution in [0.1, 0.15) is 39.9 Å². The normalized spacial score (nSPS) is 11.9. The molecule has 118 valence electrons. The lowest BCUT2D eigenvalue weighted by Crippen LogP contribution is -2.41. The van der Waals surface area contributed by atoms with Gasteiger partial charge < -0.3 is 15.5 Å². The number of aryl methyl sites for hydroxylation is 1. The predicted octanol–water partition coefficient (Wildman–Crippen LogP) is 2.28. The number of carbonyl (C=O) groups is 1. The molecule has 0 aliphatic rings. The summed E-state index contributed by atoms with van der Waals surface area (Å²) >= 11 is 0. The highest BCUT2D eigenvalue weighted by Crippen LogP contribution is 2.13. The summed E-state index contributed by atoms with van der Waals surface area (Å²) in [6, 6.07) is 1.53. The fourth-order valence-corrected chi connectivity index (χ4v) is 2.08. The number of nitrogens with zero attached hydrogens (tertiary/aromatic N) is 3. The molecule has 0 aliphatic carbocycles. The number of aromatic nitrogens is 2. The van der Waals surface area contributed by atoms with Gasteiger partial charge in [-0.2, -0.15) is 0 Å². The molecule has 0 aromatic carbocycles. The highest BCUT2D eigenvalue weighted by molar-refractivity contribution is 5.84. The molecule has 1 aromatic heterocycles. The molecule has 1 aromatic rings. The number of likely N-dealkylation sites (N-methyl/N-ethyl adjacent to an activating group) is 1. The second-order valence-corrected chi connectivity index (χ2v) is 4.99. The standard InChI is InChI=1S/C15H27N5O/c1-6-9-16-13-10-14(19-12(5)18-13)17-11(4)15(21)20(7-2)8-3/h10-11H,6-9H2,1-5H3,(H2,16,17,18,19). The Labute approximate surface area is 127 Å². The van der Waals surface area contributed by atoms with Crippen molar-refractivity contribution in [3.8, 4) is 0 Å². The van der Waals surface area contributed by atoms with Crippen molar-refractivity contribution in [3.63, 3.8) is 0 Å². The van der Waals surface area contributed by atoms with E-state index in [0.717, 1.165) is 18.8 Å². The molecule has 2 N–H and O–H groups in total. The lowest BCUT2D eigenvalue weighted by Gasteiger charge is -2.23. The van der Waals surface area contributed by atoms with Crippen LogP contribution in [0.3, 0.4) is 0 Å². The van der Waals surface area contributed by atoms with E-state index in [1.54, 1.807) is 0 Å². The molecule has 0 saturated carbocycles. The maximum Gasteiger partial charge on any atom is 0.244 e. The summed E-state index contributed by atoms with van der Waals surface area (Å²) in [4.78, 5) is 22.7. The molecule has 1 unspecified atom stereocenters. The fourth-order valence-electron chi connectivity index (χ4n) is 2.08. The molecule has 1 amide bonds. The number of hydrogen-bond donors (Lipinski definition) is 2. The molecule has 0 aliphatic heterocycles. The Bertz CT molecular complexity index is 459. The number of rotatable bonds is 8. The number of nitrogens with one attached hydrogen (secondary N) is 2. The van der Waals surface area contributed by atoms with Crippen LogP contribution in [0.2, 0.25) is 0 Å². The zero-order valence-electron chi connectivity index (χ0n) is 13.7. The van der Waals surface area contributed by atoms with Crippen LogP contribution < -0.4 is 10.6 Å². The Balaban J connectivity index is 2.77. The highest BCUT2D eigenvalue weighted by atomic mass is 16.2. The van der Waals surface area contributed by atoms with Gasteiger partial charge in [-0.15, -0.1) is 0 Å². The minimum atomic E-state index is -0.307. The third kappa shape index (κ3) is 5.21. The summed E-state index contributed by atoms with van der Waals surface area (Å²) in [6.45, 7) is 12.1. The second-order valence-electron chi connectivity index (χ2n) is 4.99. The number of anilines is 2. The first-order chi connectivity index (χ1) is 10.0. The molecule has 0 fully saturated rings. The summed E-state index contributed by atoms with van der Waals surface area (Å²) in [6.07, 6.45) is 1.03. The molecule has 0 bridgehead atoms. The van der Waals surface area contributed by atoms with Crippen LogP contribution in [0.4, 0.5) is 11.6 Å². The van der Waals surface area contributed by atoms with E-state index >= 15 is 0 Å². The monoisotopic (exact) mass is 293 g/mol. The van der Waals surface area contributed by atoms with E-state index in [1.165, 1.54) is 0 Å². The quantitative estimate of drug-likeness (QED) is 0.769. The SMILES string of the molecule is CCCNc1cc(NC(C)C(=O)N(CC)CC)nc(C)n1. The minimum Gasteiger partial charge on any atom is -0.370 e. The molecule has 0 spiro atoms. The molecule has 1 atom stereocenters. The Kier molecular flexibility index (Phi) is 6.91. The van der Waals surface area contributed by atoms with E-state index < -0.39 is 0 Å². The molecule has 0 saturated heterocycles. The van der Waals surface area contributed by atoms with Crippen LogP contribution in [-0.2, 0) is 4.79 Å². The van der Waals surface area contributed by atoms with E-state index in [4.69, 9.17) is 0 Å². The van der Waals surface area contributed by atoms with Crippen LogP contribution in [0.15, 0.2) is 6.07 Å². The number of carbonyl (C=O) groups excluding carboxylic acids is 1. The largest absolute Gasteiger partial charge is 0.370 e. The van der Waals surface area contributed by atoms with Crippen molar-refractivity contribution in [1.82, 2.24) is 14.9 Å². The fraction of sp³-hybridized carbons (Fsp3) is 0.667. The summed E-state index contributed by atoms with van der Waals surface area (Å²) < 4.78 is 0.